The summed E-state index contributed by atoms with van der Waals surface area (Å²) in [6, 6.07) is 0.745. The van der Waals surface area contributed by atoms with Crippen LogP contribution < -0.4 is 5.32 Å². The van der Waals surface area contributed by atoms with E-state index < -0.39 is 0 Å². The van der Waals surface area contributed by atoms with Crippen LogP contribution in [0.25, 0.3) is 0 Å². The maximum Gasteiger partial charge on any atom is 0.0175 e. The lowest BCUT2D eigenvalue weighted by molar-refractivity contribution is 0.105. The van der Waals surface area contributed by atoms with Crippen molar-refractivity contribution in [2.24, 2.45) is 22.7 Å². The van der Waals surface area contributed by atoms with Crippen molar-refractivity contribution in [1.29, 1.82) is 0 Å². The van der Waals surface area contributed by atoms with Crippen molar-refractivity contribution in [3.8, 4) is 0 Å². The summed E-state index contributed by atoms with van der Waals surface area (Å²) in [4.78, 5) is 0. The van der Waals surface area contributed by atoms with Gasteiger partial charge in [-0.05, 0) is 67.7 Å². The van der Waals surface area contributed by atoms with E-state index in [0.29, 0.717) is 10.8 Å². The average molecular weight is 247 g/mol. The Kier molecular flexibility index (Phi) is 3.09. The van der Waals surface area contributed by atoms with Crippen LogP contribution >= 0.6 is 0 Å². The molecule has 0 heterocycles. The predicted molar refractivity (Wildman–Crippen MR) is 77.5 cm³/mol. The highest BCUT2D eigenvalue weighted by Gasteiger charge is 2.58. The third kappa shape index (κ3) is 1.95. The first-order chi connectivity index (χ1) is 8.52. The number of fused-ring (bicyclic) bond motifs is 2. The van der Waals surface area contributed by atoms with E-state index in [9.17, 15) is 0 Å². The van der Waals surface area contributed by atoms with Crippen molar-refractivity contribution in [2.75, 3.05) is 6.54 Å². The molecule has 18 heavy (non-hydrogen) atoms. The predicted octanol–water partition coefficient (Wildman–Crippen LogP) is 4.15. The summed E-state index contributed by atoms with van der Waals surface area (Å²) in [5.41, 5.74) is 1.09. The van der Waals surface area contributed by atoms with Crippen LogP contribution in [0.4, 0.5) is 0 Å². The Labute approximate surface area is 112 Å². The fourth-order valence-electron chi connectivity index (χ4n) is 5.14. The fraction of sp³-hybridized carbons (Fsp3) is 0.882. The second-order valence-corrected chi connectivity index (χ2v) is 7.91. The summed E-state index contributed by atoms with van der Waals surface area (Å²) < 4.78 is 0. The van der Waals surface area contributed by atoms with E-state index in [-0.39, 0.29) is 0 Å². The van der Waals surface area contributed by atoms with Gasteiger partial charge in [0.2, 0.25) is 0 Å². The maximum atomic E-state index is 3.98. The highest BCUT2D eigenvalue weighted by atomic mass is 15.0. The van der Waals surface area contributed by atoms with Crippen LogP contribution in [0.3, 0.4) is 0 Å². The zero-order chi connectivity index (χ0) is 12.8. The quantitative estimate of drug-likeness (QED) is 0.739. The minimum atomic E-state index is 0.511. The number of nitrogens with one attached hydrogen (secondary N) is 1. The molecule has 0 amide bonds. The third-order valence-corrected chi connectivity index (χ3v) is 6.26. The van der Waals surface area contributed by atoms with Crippen LogP contribution in [0.15, 0.2) is 12.2 Å². The van der Waals surface area contributed by atoms with Gasteiger partial charge in [0.1, 0.15) is 0 Å². The molecule has 2 bridgehead atoms. The monoisotopic (exact) mass is 247 g/mol. The topological polar surface area (TPSA) is 12.0 Å². The normalized spacial score (nSPS) is 45.6. The van der Waals surface area contributed by atoms with Gasteiger partial charge in [-0.1, -0.05) is 32.9 Å². The molecular weight excluding hydrogens is 218 g/mol. The highest BCUT2D eigenvalue weighted by molar-refractivity contribution is 5.12. The summed E-state index contributed by atoms with van der Waals surface area (Å²) in [5, 5.41) is 3.98. The smallest absolute Gasteiger partial charge is 0.0175 e. The van der Waals surface area contributed by atoms with Crippen molar-refractivity contribution < 1.29 is 0 Å². The van der Waals surface area contributed by atoms with Gasteiger partial charge in [0.25, 0.3) is 0 Å². The molecular formula is C17H29N. The molecule has 0 radical (unpaired) electrons. The Hall–Kier alpha value is -0.300. The molecule has 0 aromatic carbocycles. The lowest BCUT2D eigenvalue weighted by Gasteiger charge is -2.44. The van der Waals surface area contributed by atoms with E-state index in [4.69, 9.17) is 0 Å². The number of allylic oxidation sites excluding steroid dienone is 2. The van der Waals surface area contributed by atoms with Crippen LogP contribution in [0.1, 0.15) is 59.3 Å². The van der Waals surface area contributed by atoms with Crippen molar-refractivity contribution in [1.82, 2.24) is 5.32 Å². The van der Waals surface area contributed by atoms with E-state index in [1.54, 1.807) is 0 Å². The zero-order valence-electron chi connectivity index (χ0n) is 12.3. The average Bonchev–Trinajstić information content (AvgIpc) is 2.81. The highest BCUT2D eigenvalue weighted by Crippen LogP contribution is 2.62. The molecule has 2 saturated carbocycles. The van der Waals surface area contributed by atoms with Crippen LogP contribution in [0.2, 0.25) is 0 Å². The lowest BCUT2D eigenvalue weighted by Crippen LogP contribution is -2.51. The van der Waals surface area contributed by atoms with Crippen molar-refractivity contribution >= 4 is 0 Å². The van der Waals surface area contributed by atoms with Crippen LogP contribution in [0, 0.1) is 22.7 Å². The molecule has 4 unspecified atom stereocenters. The van der Waals surface area contributed by atoms with Crippen molar-refractivity contribution in [3.05, 3.63) is 12.2 Å². The Bertz CT molecular complexity index is 339. The van der Waals surface area contributed by atoms with E-state index in [2.05, 4.69) is 38.2 Å². The fourth-order valence-corrected chi connectivity index (χ4v) is 5.14. The van der Waals surface area contributed by atoms with Crippen LogP contribution in [-0.4, -0.2) is 12.6 Å². The molecule has 3 rings (SSSR count). The maximum absolute atomic E-state index is 3.98. The summed E-state index contributed by atoms with van der Waals surface area (Å²) >= 11 is 0. The summed E-state index contributed by atoms with van der Waals surface area (Å²) in [5.74, 6) is 1.85. The Balaban J connectivity index is 1.63. The van der Waals surface area contributed by atoms with E-state index in [1.807, 2.05) is 0 Å². The largest absolute Gasteiger partial charge is 0.313 e. The van der Waals surface area contributed by atoms with Crippen LogP contribution in [0.5, 0.6) is 0 Å². The molecule has 0 aromatic rings. The molecule has 2 fully saturated rings. The standard InChI is InChI=1S/C17H29N/c1-16(2)14-9-10-17(3,11-14)15(16)18-12-13-7-5-4-6-8-13/h4-5,13-15,18H,6-12H2,1-3H3. The zero-order valence-corrected chi connectivity index (χ0v) is 12.3. The van der Waals surface area contributed by atoms with Crippen molar-refractivity contribution in [3.63, 3.8) is 0 Å². The Morgan fingerprint density at radius 2 is 2.00 bits per heavy atom. The van der Waals surface area contributed by atoms with Gasteiger partial charge < -0.3 is 5.32 Å². The SMILES string of the molecule is CC12CCC(C1)C(C)(C)C2NCC1CC=CCC1. The first-order valence-electron chi connectivity index (χ1n) is 7.91. The summed E-state index contributed by atoms with van der Waals surface area (Å²) in [7, 11) is 0. The summed E-state index contributed by atoms with van der Waals surface area (Å²) in [6.45, 7) is 8.77. The minimum Gasteiger partial charge on any atom is -0.313 e. The Morgan fingerprint density at radius 3 is 2.61 bits per heavy atom. The third-order valence-electron chi connectivity index (χ3n) is 6.26. The molecule has 0 aromatic heterocycles. The molecule has 0 spiro atoms. The Morgan fingerprint density at radius 1 is 1.17 bits per heavy atom. The molecule has 4 atom stereocenters. The lowest BCUT2D eigenvalue weighted by atomic mass is 9.68. The van der Waals surface area contributed by atoms with Gasteiger partial charge in [-0.15, -0.1) is 0 Å². The first kappa shape index (κ1) is 12.7. The van der Waals surface area contributed by atoms with Gasteiger partial charge in [-0.3, -0.25) is 0 Å². The number of rotatable bonds is 3. The van der Waals surface area contributed by atoms with E-state index in [1.165, 1.54) is 45.1 Å². The molecule has 3 aliphatic rings. The number of hydrogen-bond acceptors (Lipinski definition) is 1. The first-order valence-corrected chi connectivity index (χ1v) is 7.91. The van der Waals surface area contributed by atoms with Gasteiger partial charge >= 0.3 is 0 Å². The minimum absolute atomic E-state index is 0.511. The number of hydrogen-bond donors (Lipinski definition) is 1. The summed E-state index contributed by atoms with van der Waals surface area (Å²) in [6.07, 6.45) is 13.1. The second kappa shape index (κ2) is 4.37. The van der Waals surface area contributed by atoms with E-state index in [0.717, 1.165) is 17.9 Å². The molecule has 0 saturated heterocycles. The molecule has 102 valence electrons. The van der Waals surface area contributed by atoms with Gasteiger partial charge in [0, 0.05) is 6.04 Å². The van der Waals surface area contributed by atoms with Gasteiger partial charge in [-0.25, -0.2) is 0 Å². The van der Waals surface area contributed by atoms with Gasteiger partial charge in [0.15, 0.2) is 0 Å². The molecule has 3 aliphatic carbocycles. The van der Waals surface area contributed by atoms with Gasteiger partial charge in [-0.2, -0.15) is 0 Å². The second-order valence-electron chi connectivity index (χ2n) is 7.91. The van der Waals surface area contributed by atoms with Gasteiger partial charge in [0.05, 0.1) is 0 Å². The molecule has 0 aliphatic heterocycles. The molecule has 1 heteroatoms. The van der Waals surface area contributed by atoms with Crippen LogP contribution in [-0.2, 0) is 0 Å². The van der Waals surface area contributed by atoms with E-state index >= 15 is 0 Å². The molecule has 1 nitrogen and oxygen atoms in total. The van der Waals surface area contributed by atoms with Crippen molar-refractivity contribution in [2.45, 2.75) is 65.3 Å². The molecule has 1 N–H and O–H groups in total.